The Balaban J connectivity index is 2.16. The second kappa shape index (κ2) is 8.07. The van der Waals surface area contributed by atoms with Gasteiger partial charge in [0.1, 0.15) is 5.54 Å². The lowest BCUT2D eigenvalue weighted by Crippen LogP contribution is -2.56. The van der Waals surface area contributed by atoms with E-state index in [1.807, 2.05) is 0 Å². The predicted molar refractivity (Wildman–Crippen MR) is 99.6 cm³/mol. The summed E-state index contributed by atoms with van der Waals surface area (Å²) in [4.78, 5) is 24.4. The zero-order valence-electron chi connectivity index (χ0n) is 15.1. The molecule has 1 amide bonds. The van der Waals surface area contributed by atoms with E-state index in [1.165, 1.54) is 12.1 Å². The Kier molecular flexibility index (Phi) is 6.28. The minimum atomic E-state index is -3.46. The van der Waals surface area contributed by atoms with Crippen molar-refractivity contribution in [2.45, 2.75) is 51.5 Å². The molecule has 0 atom stereocenters. The molecule has 1 aromatic rings. The van der Waals surface area contributed by atoms with Crippen molar-refractivity contribution in [3.8, 4) is 0 Å². The van der Waals surface area contributed by atoms with Crippen LogP contribution >= 0.6 is 0 Å². The number of benzene rings is 1. The molecule has 8 heteroatoms. The fraction of sp³-hybridized carbons (Fsp3) is 0.556. The van der Waals surface area contributed by atoms with Gasteiger partial charge in [0.25, 0.3) is 5.91 Å². The van der Waals surface area contributed by atoms with Crippen LogP contribution in [0.4, 0.5) is 5.69 Å². The van der Waals surface area contributed by atoms with Gasteiger partial charge in [0.15, 0.2) is 0 Å². The summed E-state index contributed by atoms with van der Waals surface area (Å²) >= 11 is 0. The molecule has 1 aliphatic rings. The van der Waals surface area contributed by atoms with Gasteiger partial charge in [-0.1, -0.05) is 19.9 Å². The van der Waals surface area contributed by atoms with Gasteiger partial charge < -0.3 is 10.4 Å². The molecule has 0 bridgehead atoms. The van der Waals surface area contributed by atoms with Gasteiger partial charge in [-0.05, 0) is 56.2 Å². The Morgan fingerprint density at radius 2 is 1.92 bits per heavy atom. The summed E-state index contributed by atoms with van der Waals surface area (Å²) in [5.74, 6) is -1.12. The van der Waals surface area contributed by atoms with Crippen LogP contribution in [0, 0.1) is 5.92 Å². The Labute approximate surface area is 154 Å². The maximum atomic E-state index is 12.6. The van der Waals surface area contributed by atoms with Crippen molar-refractivity contribution in [2.75, 3.05) is 10.5 Å². The molecule has 2 rings (SSSR count). The highest BCUT2D eigenvalue weighted by atomic mass is 32.2. The van der Waals surface area contributed by atoms with Crippen LogP contribution in [0.3, 0.4) is 0 Å². The van der Waals surface area contributed by atoms with E-state index < -0.39 is 27.4 Å². The molecule has 144 valence electrons. The summed E-state index contributed by atoms with van der Waals surface area (Å²) in [6.45, 7) is 3.83. The third-order valence-electron chi connectivity index (χ3n) is 4.76. The second-order valence-electron chi connectivity index (χ2n) is 7.03. The number of sulfonamides is 1. The molecule has 0 aromatic heterocycles. The summed E-state index contributed by atoms with van der Waals surface area (Å²) in [5.41, 5.74) is -0.755. The summed E-state index contributed by atoms with van der Waals surface area (Å²) in [7, 11) is -3.46. The first kappa shape index (κ1) is 20.2. The zero-order chi connectivity index (χ0) is 19.4. The molecule has 1 fully saturated rings. The molecule has 1 saturated carbocycles. The first-order valence-electron chi connectivity index (χ1n) is 8.84. The van der Waals surface area contributed by atoms with Crippen molar-refractivity contribution in [3.63, 3.8) is 0 Å². The van der Waals surface area contributed by atoms with Crippen LogP contribution in [-0.4, -0.2) is 36.7 Å². The maximum Gasteiger partial charge on any atom is 0.329 e. The molecule has 1 aromatic carbocycles. The number of aliphatic carboxylic acids is 1. The number of hydrogen-bond donors (Lipinski definition) is 3. The van der Waals surface area contributed by atoms with Gasteiger partial charge in [0.05, 0.1) is 5.75 Å². The average molecular weight is 382 g/mol. The number of carboxylic acid groups (broad SMARTS) is 1. The normalized spacial score (nSPS) is 23.2. The van der Waals surface area contributed by atoms with Gasteiger partial charge in [0, 0.05) is 11.3 Å². The summed E-state index contributed by atoms with van der Waals surface area (Å²) in [6, 6.07) is 6.08. The number of hydrogen-bond acceptors (Lipinski definition) is 4. The van der Waals surface area contributed by atoms with E-state index in [9.17, 15) is 23.1 Å². The summed E-state index contributed by atoms with van der Waals surface area (Å²) in [6.07, 6.45) is 2.73. The first-order valence-corrected chi connectivity index (χ1v) is 10.5. The fourth-order valence-corrected chi connectivity index (χ4v) is 4.29. The van der Waals surface area contributed by atoms with Crippen LogP contribution in [0.25, 0.3) is 0 Å². The molecule has 1 aliphatic carbocycles. The number of anilines is 1. The van der Waals surface area contributed by atoms with Gasteiger partial charge in [0.2, 0.25) is 10.0 Å². The zero-order valence-corrected chi connectivity index (χ0v) is 15.9. The molecule has 0 heterocycles. The second-order valence-corrected chi connectivity index (χ2v) is 8.87. The van der Waals surface area contributed by atoms with Gasteiger partial charge >= 0.3 is 5.97 Å². The first-order chi connectivity index (χ1) is 12.2. The Morgan fingerprint density at radius 1 is 1.27 bits per heavy atom. The lowest BCUT2D eigenvalue weighted by Gasteiger charge is -2.36. The largest absolute Gasteiger partial charge is 0.480 e. The number of amides is 1. The third kappa shape index (κ3) is 4.97. The van der Waals surface area contributed by atoms with E-state index in [2.05, 4.69) is 17.0 Å². The quantitative estimate of drug-likeness (QED) is 0.671. The van der Waals surface area contributed by atoms with Crippen LogP contribution < -0.4 is 10.0 Å². The SMILES string of the molecule is CCCS(=O)(=O)Nc1cccc(C(=O)NC2(C(=O)O)CCC(C)CC2)c1. The Morgan fingerprint density at radius 3 is 2.50 bits per heavy atom. The number of carboxylic acids is 1. The summed E-state index contributed by atoms with van der Waals surface area (Å²) in [5, 5.41) is 12.3. The molecular weight excluding hydrogens is 356 g/mol. The van der Waals surface area contributed by atoms with Crippen molar-refractivity contribution in [1.29, 1.82) is 0 Å². The highest BCUT2D eigenvalue weighted by Crippen LogP contribution is 2.32. The lowest BCUT2D eigenvalue weighted by atomic mass is 9.77. The standard InChI is InChI=1S/C18H26N2O5S/c1-3-11-26(24,25)20-15-6-4-5-14(12-15)16(21)19-18(17(22)23)9-7-13(2)8-10-18/h4-6,12-13,20H,3,7-11H2,1-2H3,(H,19,21)(H,22,23). The average Bonchev–Trinajstić information content (AvgIpc) is 2.56. The van der Waals surface area contributed by atoms with E-state index in [0.29, 0.717) is 25.2 Å². The molecule has 26 heavy (non-hydrogen) atoms. The predicted octanol–water partition coefficient (Wildman–Crippen LogP) is 2.60. The lowest BCUT2D eigenvalue weighted by molar-refractivity contribution is -0.146. The Hall–Kier alpha value is -2.09. The van der Waals surface area contributed by atoms with Crippen LogP contribution in [-0.2, 0) is 14.8 Å². The van der Waals surface area contributed by atoms with Crippen molar-refractivity contribution >= 4 is 27.6 Å². The molecule has 3 N–H and O–H groups in total. The van der Waals surface area contributed by atoms with E-state index in [0.717, 1.165) is 12.8 Å². The molecule has 7 nitrogen and oxygen atoms in total. The highest BCUT2D eigenvalue weighted by molar-refractivity contribution is 7.92. The fourth-order valence-electron chi connectivity index (χ4n) is 3.16. The number of rotatable bonds is 7. The van der Waals surface area contributed by atoms with Crippen molar-refractivity contribution in [1.82, 2.24) is 5.32 Å². The number of nitrogens with one attached hydrogen (secondary N) is 2. The van der Waals surface area contributed by atoms with Gasteiger partial charge in [-0.15, -0.1) is 0 Å². The van der Waals surface area contributed by atoms with Crippen LogP contribution in [0.1, 0.15) is 56.3 Å². The molecular formula is C18H26N2O5S. The monoisotopic (exact) mass is 382 g/mol. The van der Waals surface area contributed by atoms with E-state index >= 15 is 0 Å². The van der Waals surface area contributed by atoms with Crippen molar-refractivity contribution < 1.29 is 23.1 Å². The maximum absolute atomic E-state index is 12.6. The topological polar surface area (TPSA) is 113 Å². The van der Waals surface area contributed by atoms with E-state index in [1.54, 1.807) is 19.1 Å². The highest BCUT2D eigenvalue weighted by Gasteiger charge is 2.42. The molecule has 0 saturated heterocycles. The molecule has 0 unspecified atom stereocenters. The van der Waals surface area contributed by atoms with E-state index in [4.69, 9.17) is 0 Å². The third-order valence-corrected chi connectivity index (χ3v) is 6.25. The smallest absolute Gasteiger partial charge is 0.329 e. The van der Waals surface area contributed by atoms with Crippen molar-refractivity contribution in [2.24, 2.45) is 5.92 Å². The molecule has 0 radical (unpaired) electrons. The molecule has 0 spiro atoms. The summed E-state index contributed by atoms with van der Waals surface area (Å²) < 4.78 is 26.2. The van der Waals surface area contributed by atoms with Gasteiger partial charge in [-0.2, -0.15) is 0 Å². The van der Waals surface area contributed by atoms with Gasteiger partial charge in [-0.25, -0.2) is 13.2 Å². The molecule has 0 aliphatic heterocycles. The van der Waals surface area contributed by atoms with Crippen LogP contribution in [0.2, 0.25) is 0 Å². The number of carbonyl (C=O) groups excluding carboxylic acids is 1. The van der Waals surface area contributed by atoms with Crippen LogP contribution in [0.15, 0.2) is 24.3 Å². The number of carbonyl (C=O) groups is 2. The minimum Gasteiger partial charge on any atom is -0.480 e. The van der Waals surface area contributed by atoms with E-state index in [-0.39, 0.29) is 17.0 Å². The Bertz CT molecular complexity index is 768. The van der Waals surface area contributed by atoms with Crippen LogP contribution in [0.5, 0.6) is 0 Å². The minimum absolute atomic E-state index is 0.0102. The van der Waals surface area contributed by atoms with Crippen molar-refractivity contribution in [3.05, 3.63) is 29.8 Å². The van der Waals surface area contributed by atoms with Gasteiger partial charge in [-0.3, -0.25) is 9.52 Å².